The van der Waals surface area contributed by atoms with Gasteiger partial charge in [-0.1, -0.05) is 0 Å². The molecule has 26 heavy (non-hydrogen) atoms. The molecule has 0 radical (unpaired) electrons. The first-order valence-corrected chi connectivity index (χ1v) is 8.42. The Bertz CT molecular complexity index is 754. The largest absolute Gasteiger partial charge is 0.448 e. The lowest BCUT2D eigenvalue weighted by atomic mass is 9.98. The quantitative estimate of drug-likeness (QED) is 0.382. The van der Waals surface area contributed by atoms with Crippen molar-refractivity contribution in [2.24, 2.45) is 0 Å². The molecule has 2 aromatic rings. The van der Waals surface area contributed by atoms with Crippen LogP contribution in [0.15, 0.2) is 29.0 Å². The summed E-state index contributed by atoms with van der Waals surface area (Å²) < 4.78 is 5.45. The second-order valence-corrected chi connectivity index (χ2v) is 5.94. The van der Waals surface area contributed by atoms with Crippen LogP contribution in [0.2, 0.25) is 0 Å². The van der Waals surface area contributed by atoms with Gasteiger partial charge in [0.1, 0.15) is 18.3 Å². The molecule has 2 aromatic heterocycles. The van der Waals surface area contributed by atoms with E-state index in [0.717, 1.165) is 25.9 Å². The van der Waals surface area contributed by atoms with Gasteiger partial charge in [-0.2, -0.15) is 0 Å². The van der Waals surface area contributed by atoms with E-state index in [1.807, 2.05) is 0 Å². The van der Waals surface area contributed by atoms with Crippen molar-refractivity contribution in [1.29, 1.82) is 0 Å². The fraction of sp³-hybridized carbons (Fsp3) is 0.438. The van der Waals surface area contributed by atoms with Crippen LogP contribution in [0.5, 0.6) is 0 Å². The highest BCUT2D eigenvalue weighted by molar-refractivity contribution is 5.91. The smallest absolute Gasteiger partial charge is 0.287 e. The second-order valence-electron chi connectivity index (χ2n) is 5.94. The van der Waals surface area contributed by atoms with Crippen molar-refractivity contribution in [2.45, 2.75) is 18.8 Å². The number of pyridine rings is 1. The first-order valence-electron chi connectivity index (χ1n) is 8.42. The molecule has 1 fully saturated rings. The van der Waals surface area contributed by atoms with E-state index < -0.39 is 4.92 Å². The van der Waals surface area contributed by atoms with E-state index in [0.29, 0.717) is 24.8 Å². The highest BCUT2D eigenvalue weighted by Gasteiger charge is 2.21. The summed E-state index contributed by atoms with van der Waals surface area (Å²) in [5.41, 5.74) is 0.200. The normalized spacial score (nSPS) is 14.8. The van der Waals surface area contributed by atoms with E-state index in [-0.39, 0.29) is 23.2 Å². The Morgan fingerprint density at radius 2 is 2.15 bits per heavy atom. The van der Waals surface area contributed by atoms with Crippen LogP contribution in [0.3, 0.4) is 0 Å². The van der Waals surface area contributed by atoms with Crippen LogP contribution in [0.1, 0.15) is 35.1 Å². The summed E-state index contributed by atoms with van der Waals surface area (Å²) in [4.78, 5) is 30.4. The number of carbonyl (C=O) groups is 1. The summed E-state index contributed by atoms with van der Waals surface area (Å²) in [5.74, 6) is 1.07. The summed E-state index contributed by atoms with van der Waals surface area (Å²) in [6.45, 7) is 2.64. The number of carbonyl (C=O) groups excluding carboxylic acids is 1. The molecule has 0 spiro atoms. The van der Waals surface area contributed by atoms with Crippen molar-refractivity contribution in [1.82, 2.24) is 20.6 Å². The minimum Gasteiger partial charge on any atom is -0.448 e. The molecule has 1 aliphatic heterocycles. The van der Waals surface area contributed by atoms with Crippen LogP contribution >= 0.6 is 0 Å². The van der Waals surface area contributed by atoms with Gasteiger partial charge in [0.2, 0.25) is 0 Å². The van der Waals surface area contributed by atoms with Gasteiger partial charge >= 0.3 is 0 Å². The van der Waals surface area contributed by atoms with Gasteiger partial charge in [-0.3, -0.25) is 14.9 Å². The average Bonchev–Trinajstić information content (AvgIpc) is 3.16. The Balaban J connectivity index is 1.42. The minimum absolute atomic E-state index is 0.0700. The van der Waals surface area contributed by atoms with Crippen LogP contribution in [-0.4, -0.2) is 47.0 Å². The van der Waals surface area contributed by atoms with Crippen molar-refractivity contribution in [3.8, 4) is 0 Å². The lowest BCUT2D eigenvalue weighted by molar-refractivity contribution is -0.385. The molecule has 0 atom stereocenters. The zero-order valence-electron chi connectivity index (χ0n) is 14.1. The molecular weight excluding hydrogens is 340 g/mol. The van der Waals surface area contributed by atoms with Gasteiger partial charge in [-0.15, -0.1) is 0 Å². The Labute approximate surface area is 149 Å². The van der Waals surface area contributed by atoms with Crippen molar-refractivity contribution < 1.29 is 14.1 Å². The number of nitrogens with zero attached hydrogens (tertiary/aromatic N) is 3. The summed E-state index contributed by atoms with van der Waals surface area (Å²) >= 11 is 0. The molecule has 3 heterocycles. The monoisotopic (exact) mass is 360 g/mol. The van der Waals surface area contributed by atoms with E-state index in [1.54, 1.807) is 0 Å². The first kappa shape index (κ1) is 17.8. The molecule has 10 heteroatoms. The number of hydrogen-bond acceptors (Lipinski definition) is 8. The van der Waals surface area contributed by atoms with Crippen LogP contribution in [0, 0.1) is 10.1 Å². The van der Waals surface area contributed by atoms with Gasteiger partial charge in [0, 0.05) is 25.1 Å². The predicted octanol–water partition coefficient (Wildman–Crippen LogP) is 1.29. The molecular formula is C16H20N6O4. The number of amides is 1. The highest BCUT2D eigenvalue weighted by Crippen LogP contribution is 2.24. The van der Waals surface area contributed by atoms with Crippen LogP contribution in [0.25, 0.3) is 0 Å². The van der Waals surface area contributed by atoms with E-state index in [1.165, 1.54) is 24.6 Å². The molecule has 0 unspecified atom stereocenters. The molecule has 0 bridgehead atoms. The van der Waals surface area contributed by atoms with Crippen molar-refractivity contribution in [3.05, 3.63) is 46.3 Å². The van der Waals surface area contributed by atoms with E-state index in [2.05, 4.69) is 25.9 Å². The maximum atomic E-state index is 12.1. The van der Waals surface area contributed by atoms with Crippen molar-refractivity contribution in [2.75, 3.05) is 31.5 Å². The zero-order valence-corrected chi connectivity index (χ0v) is 14.1. The van der Waals surface area contributed by atoms with Gasteiger partial charge in [0.25, 0.3) is 11.6 Å². The average molecular weight is 360 g/mol. The molecule has 0 saturated carbocycles. The molecule has 10 nitrogen and oxygen atoms in total. The second kappa shape index (κ2) is 8.39. The maximum absolute atomic E-state index is 12.1. The molecule has 3 N–H and O–H groups in total. The molecule has 0 aromatic carbocycles. The van der Waals surface area contributed by atoms with Crippen LogP contribution in [0.4, 0.5) is 11.5 Å². The van der Waals surface area contributed by atoms with Gasteiger partial charge in [0.05, 0.1) is 4.92 Å². The number of hydrogen-bond donors (Lipinski definition) is 3. The summed E-state index contributed by atoms with van der Waals surface area (Å²) in [6.07, 6.45) is 4.47. The molecule has 1 aliphatic rings. The summed E-state index contributed by atoms with van der Waals surface area (Å²) in [7, 11) is 0. The maximum Gasteiger partial charge on any atom is 0.287 e. The van der Waals surface area contributed by atoms with E-state index in [9.17, 15) is 14.9 Å². The molecule has 138 valence electrons. The number of nitrogens with one attached hydrogen (secondary N) is 3. The van der Waals surface area contributed by atoms with Gasteiger partial charge in [0.15, 0.2) is 11.6 Å². The summed E-state index contributed by atoms with van der Waals surface area (Å²) in [6, 6.07) is 2.88. The highest BCUT2D eigenvalue weighted by atomic mass is 16.6. The Morgan fingerprint density at radius 1 is 1.35 bits per heavy atom. The van der Waals surface area contributed by atoms with Gasteiger partial charge in [-0.05, 0) is 32.0 Å². The fourth-order valence-corrected chi connectivity index (χ4v) is 2.70. The number of anilines is 1. The predicted molar refractivity (Wildman–Crippen MR) is 93.1 cm³/mol. The number of aromatic nitrogens is 2. The molecule has 3 rings (SSSR count). The summed E-state index contributed by atoms with van der Waals surface area (Å²) in [5, 5.41) is 19.6. The molecule has 0 aliphatic carbocycles. The minimum atomic E-state index is -0.507. The topological polar surface area (TPSA) is 135 Å². The Morgan fingerprint density at radius 3 is 2.85 bits per heavy atom. The Hall–Kier alpha value is -3.01. The third-order valence-corrected chi connectivity index (χ3v) is 4.12. The van der Waals surface area contributed by atoms with Crippen molar-refractivity contribution in [3.63, 3.8) is 0 Å². The lowest BCUT2D eigenvalue weighted by Crippen LogP contribution is -2.29. The molecule has 1 amide bonds. The van der Waals surface area contributed by atoms with Crippen molar-refractivity contribution >= 4 is 17.4 Å². The van der Waals surface area contributed by atoms with Gasteiger partial charge < -0.3 is 20.4 Å². The number of nitro groups is 1. The Kier molecular flexibility index (Phi) is 5.74. The lowest BCUT2D eigenvalue weighted by Gasteiger charge is -2.19. The van der Waals surface area contributed by atoms with Crippen LogP contribution in [-0.2, 0) is 0 Å². The van der Waals surface area contributed by atoms with Crippen LogP contribution < -0.4 is 16.0 Å². The number of piperidine rings is 1. The van der Waals surface area contributed by atoms with E-state index >= 15 is 0 Å². The molecule has 1 saturated heterocycles. The SMILES string of the molecule is O=C(NCCNc1ccc([N+](=O)[O-])cn1)c1coc(C2CCNCC2)n1. The third-order valence-electron chi connectivity index (χ3n) is 4.12. The fourth-order valence-electron chi connectivity index (χ4n) is 2.70. The van der Waals surface area contributed by atoms with Gasteiger partial charge in [-0.25, -0.2) is 9.97 Å². The number of rotatable bonds is 7. The third kappa shape index (κ3) is 4.54. The van der Waals surface area contributed by atoms with E-state index in [4.69, 9.17) is 4.42 Å². The number of oxazole rings is 1. The zero-order chi connectivity index (χ0) is 18.4. The first-order chi connectivity index (χ1) is 12.6. The standard InChI is InChI=1S/C16H20N6O4/c23-15(13-10-26-16(21-13)11-3-5-17-6-4-11)19-8-7-18-14-2-1-12(9-20-14)22(24)25/h1-2,9-11,17H,3-8H2,(H,18,20)(H,19,23).